The first-order valence-corrected chi connectivity index (χ1v) is 7.24. The lowest BCUT2D eigenvalue weighted by Crippen LogP contribution is -2.50. The van der Waals surface area contributed by atoms with Crippen molar-refractivity contribution in [1.29, 1.82) is 0 Å². The number of hydrogen-bond donors (Lipinski definition) is 0. The molecular weight excluding hydrogens is 244 g/mol. The predicted molar refractivity (Wildman–Crippen MR) is 72.8 cm³/mol. The van der Waals surface area contributed by atoms with E-state index in [0.29, 0.717) is 6.61 Å². The van der Waals surface area contributed by atoms with E-state index in [2.05, 4.69) is 0 Å². The van der Waals surface area contributed by atoms with Crippen molar-refractivity contribution in [3.8, 4) is 0 Å². The zero-order valence-electron chi connectivity index (χ0n) is 12.5. The van der Waals surface area contributed by atoms with Gasteiger partial charge in [-0.05, 0) is 25.7 Å². The van der Waals surface area contributed by atoms with E-state index < -0.39 is 17.5 Å². The largest absolute Gasteiger partial charge is 0.468 e. The number of carbonyl (C=O) groups excluding carboxylic acids is 2. The van der Waals surface area contributed by atoms with E-state index in [-0.39, 0.29) is 11.7 Å². The summed E-state index contributed by atoms with van der Waals surface area (Å²) in [6, 6.07) is 0. The van der Waals surface area contributed by atoms with Gasteiger partial charge >= 0.3 is 5.97 Å². The Kier molecular flexibility index (Phi) is 5.98. The molecule has 1 rings (SSSR count). The molecule has 0 aromatic rings. The standard InChI is InChI=1S/C15H26O4/c1-5-19-15(9-7-6-8-10-15)13(16)12(11(2)3)14(17)18-4/h11-12H,5-10H2,1-4H3. The van der Waals surface area contributed by atoms with Gasteiger partial charge < -0.3 is 9.47 Å². The van der Waals surface area contributed by atoms with Crippen LogP contribution in [0.2, 0.25) is 0 Å². The van der Waals surface area contributed by atoms with Crippen molar-refractivity contribution in [2.24, 2.45) is 11.8 Å². The smallest absolute Gasteiger partial charge is 0.316 e. The number of methoxy groups -OCH3 is 1. The molecule has 1 aliphatic carbocycles. The SMILES string of the molecule is CCOC1(C(=O)C(C(=O)OC)C(C)C)CCCCC1. The summed E-state index contributed by atoms with van der Waals surface area (Å²) in [6.45, 7) is 6.15. The van der Waals surface area contributed by atoms with Crippen molar-refractivity contribution in [2.75, 3.05) is 13.7 Å². The van der Waals surface area contributed by atoms with Gasteiger partial charge in [0, 0.05) is 6.61 Å². The van der Waals surface area contributed by atoms with E-state index in [1.807, 2.05) is 20.8 Å². The van der Waals surface area contributed by atoms with Crippen molar-refractivity contribution in [1.82, 2.24) is 0 Å². The molecule has 4 heteroatoms. The number of carbonyl (C=O) groups is 2. The van der Waals surface area contributed by atoms with Crippen LogP contribution in [0.3, 0.4) is 0 Å². The third kappa shape index (κ3) is 3.56. The van der Waals surface area contributed by atoms with E-state index in [0.717, 1.165) is 32.1 Å². The van der Waals surface area contributed by atoms with Crippen LogP contribution in [0.15, 0.2) is 0 Å². The second-order valence-corrected chi connectivity index (χ2v) is 5.60. The van der Waals surface area contributed by atoms with E-state index in [4.69, 9.17) is 9.47 Å². The van der Waals surface area contributed by atoms with Crippen LogP contribution in [-0.2, 0) is 19.1 Å². The molecule has 0 saturated heterocycles. The van der Waals surface area contributed by atoms with E-state index in [1.54, 1.807) is 0 Å². The molecule has 0 bridgehead atoms. The third-order valence-corrected chi connectivity index (χ3v) is 3.94. The first-order valence-electron chi connectivity index (χ1n) is 7.24. The van der Waals surface area contributed by atoms with Gasteiger partial charge in [-0.2, -0.15) is 0 Å². The minimum Gasteiger partial charge on any atom is -0.468 e. The van der Waals surface area contributed by atoms with Gasteiger partial charge in [0.25, 0.3) is 0 Å². The van der Waals surface area contributed by atoms with Gasteiger partial charge in [-0.1, -0.05) is 33.1 Å². The zero-order chi connectivity index (χ0) is 14.5. The highest BCUT2D eigenvalue weighted by Crippen LogP contribution is 2.36. The number of esters is 1. The summed E-state index contributed by atoms with van der Waals surface area (Å²) in [6.07, 6.45) is 4.54. The molecule has 1 fully saturated rings. The molecule has 19 heavy (non-hydrogen) atoms. The fraction of sp³-hybridized carbons (Fsp3) is 0.867. The monoisotopic (exact) mass is 270 g/mol. The summed E-state index contributed by atoms with van der Waals surface area (Å²) in [5.41, 5.74) is -0.768. The molecule has 0 aromatic heterocycles. The quantitative estimate of drug-likeness (QED) is 0.550. The lowest BCUT2D eigenvalue weighted by atomic mass is 9.74. The van der Waals surface area contributed by atoms with Gasteiger partial charge in [0.15, 0.2) is 5.78 Å². The molecule has 0 aromatic carbocycles. The molecule has 0 heterocycles. The van der Waals surface area contributed by atoms with Gasteiger partial charge in [-0.15, -0.1) is 0 Å². The highest BCUT2D eigenvalue weighted by atomic mass is 16.5. The average Bonchev–Trinajstić information content (AvgIpc) is 2.39. The van der Waals surface area contributed by atoms with Crippen LogP contribution in [0.25, 0.3) is 0 Å². The van der Waals surface area contributed by atoms with Crippen LogP contribution in [0.4, 0.5) is 0 Å². The fourth-order valence-electron chi connectivity index (χ4n) is 2.95. The Bertz CT molecular complexity index is 311. The Labute approximate surface area is 115 Å². The average molecular weight is 270 g/mol. The minimum atomic E-state index is -0.768. The normalized spacial score (nSPS) is 20.1. The first-order chi connectivity index (χ1) is 8.98. The molecular formula is C15H26O4. The van der Waals surface area contributed by atoms with Crippen molar-refractivity contribution in [2.45, 2.75) is 58.5 Å². The second kappa shape index (κ2) is 7.04. The summed E-state index contributed by atoms with van der Waals surface area (Å²) in [5, 5.41) is 0. The van der Waals surface area contributed by atoms with Gasteiger partial charge in [0.05, 0.1) is 7.11 Å². The van der Waals surface area contributed by atoms with Crippen molar-refractivity contribution >= 4 is 11.8 Å². The van der Waals surface area contributed by atoms with Gasteiger partial charge in [-0.25, -0.2) is 0 Å². The van der Waals surface area contributed by atoms with Gasteiger partial charge in [0.2, 0.25) is 0 Å². The number of hydrogen-bond acceptors (Lipinski definition) is 4. The maximum Gasteiger partial charge on any atom is 0.316 e. The maximum absolute atomic E-state index is 12.8. The summed E-state index contributed by atoms with van der Waals surface area (Å²) in [7, 11) is 1.33. The van der Waals surface area contributed by atoms with Crippen molar-refractivity contribution in [3.63, 3.8) is 0 Å². The highest BCUT2D eigenvalue weighted by molar-refractivity contribution is 6.03. The van der Waals surface area contributed by atoms with E-state index in [1.165, 1.54) is 7.11 Å². The summed E-state index contributed by atoms with van der Waals surface area (Å²) in [4.78, 5) is 24.7. The van der Waals surface area contributed by atoms with Crippen LogP contribution < -0.4 is 0 Å². The molecule has 0 radical (unpaired) electrons. The van der Waals surface area contributed by atoms with E-state index in [9.17, 15) is 9.59 Å². The maximum atomic E-state index is 12.8. The Hall–Kier alpha value is -0.900. The molecule has 1 saturated carbocycles. The van der Waals surface area contributed by atoms with Gasteiger partial charge in [0.1, 0.15) is 11.5 Å². The van der Waals surface area contributed by atoms with Crippen LogP contribution >= 0.6 is 0 Å². The Morgan fingerprint density at radius 3 is 2.16 bits per heavy atom. The number of ether oxygens (including phenoxy) is 2. The lowest BCUT2D eigenvalue weighted by Gasteiger charge is -2.38. The Morgan fingerprint density at radius 1 is 1.16 bits per heavy atom. The van der Waals surface area contributed by atoms with E-state index >= 15 is 0 Å². The Balaban J connectivity index is 2.99. The van der Waals surface area contributed by atoms with Crippen LogP contribution in [0.5, 0.6) is 0 Å². The molecule has 4 nitrogen and oxygen atoms in total. The van der Waals surface area contributed by atoms with Crippen LogP contribution in [-0.4, -0.2) is 31.1 Å². The molecule has 0 amide bonds. The minimum absolute atomic E-state index is 0.0702. The topological polar surface area (TPSA) is 52.6 Å². The second-order valence-electron chi connectivity index (χ2n) is 5.60. The number of rotatable bonds is 6. The molecule has 1 aliphatic rings. The molecule has 110 valence electrons. The van der Waals surface area contributed by atoms with Crippen molar-refractivity contribution in [3.05, 3.63) is 0 Å². The predicted octanol–water partition coefficient (Wildman–Crippen LogP) is 2.74. The number of Topliss-reactive ketones (excluding diaryl/α,β-unsaturated/α-hetero) is 1. The summed E-state index contributed by atoms with van der Waals surface area (Å²) < 4.78 is 10.6. The molecule has 0 spiro atoms. The summed E-state index contributed by atoms with van der Waals surface area (Å²) in [5.74, 6) is -1.31. The van der Waals surface area contributed by atoms with Crippen molar-refractivity contribution < 1.29 is 19.1 Å². The molecule has 0 aliphatic heterocycles. The number of ketones is 1. The molecule has 1 atom stereocenters. The van der Waals surface area contributed by atoms with Crippen LogP contribution in [0.1, 0.15) is 52.9 Å². The molecule has 0 N–H and O–H groups in total. The highest BCUT2D eigenvalue weighted by Gasteiger charge is 2.47. The molecule has 1 unspecified atom stereocenters. The fourth-order valence-corrected chi connectivity index (χ4v) is 2.95. The first kappa shape index (κ1) is 16.2. The lowest BCUT2D eigenvalue weighted by molar-refractivity contribution is -0.165. The van der Waals surface area contributed by atoms with Gasteiger partial charge in [-0.3, -0.25) is 9.59 Å². The summed E-state index contributed by atoms with van der Waals surface area (Å²) >= 11 is 0. The van der Waals surface area contributed by atoms with Crippen LogP contribution in [0, 0.1) is 11.8 Å². The zero-order valence-corrected chi connectivity index (χ0v) is 12.5. The Morgan fingerprint density at radius 2 is 1.74 bits per heavy atom. The third-order valence-electron chi connectivity index (χ3n) is 3.94.